The normalized spacial score (nSPS) is 16.5. The second kappa shape index (κ2) is 12.9. The lowest BCUT2D eigenvalue weighted by atomic mass is 9.87. The second-order valence-corrected chi connectivity index (χ2v) is 12.4. The summed E-state index contributed by atoms with van der Waals surface area (Å²) < 4.78 is 38.6. The van der Waals surface area contributed by atoms with Gasteiger partial charge in [0, 0.05) is 24.3 Å². The van der Waals surface area contributed by atoms with Crippen molar-refractivity contribution in [3.63, 3.8) is 0 Å². The molecule has 3 aromatic carbocycles. The summed E-state index contributed by atoms with van der Waals surface area (Å²) in [6.07, 6.45) is 9.91. The molecule has 1 aliphatic heterocycles. The fourth-order valence-electron chi connectivity index (χ4n) is 5.53. The first-order valence-corrected chi connectivity index (χ1v) is 16.3. The summed E-state index contributed by atoms with van der Waals surface area (Å²) in [5.74, 6) is -0.389. The molecule has 8 heteroatoms. The summed E-state index contributed by atoms with van der Waals surface area (Å²) in [5.41, 5.74) is 6.30. The summed E-state index contributed by atoms with van der Waals surface area (Å²) in [6.45, 7) is 4.87. The Balaban J connectivity index is 1.66. The minimum atomic E-state index is -3.47. The summed E-state index contributed by atoms with van der Waals surface area (Å²) in [4.78, 5) is 12.1. The molecular formula is C34H36N2O5S. The van der Waals surface area contributed by atoms with E-state index < -0.39 is 9.84 Å². The molecule has 42 heavy (non-hydrogen) atoms. The van der Waals surface area contributed by atoms with E-state index in [0.29, 0.717) is 23.5 Å². The third-order valence-corrected chi connectivity index (χ3v) is 8.63. The first-order valence-electron chi connectivity index (χ1n) is 14.4. The van der Waals surface area contributed by atoms with E-state index in [-0.39, 0.29) is 12.2 Å². The molecule has 2 heterocycles. The minimum Gasteiger partial charge on any atom is -0.463 e. The number of benzene rings is 3. The zero-order chi connectivity index (χ0) is 29.7. The van der Waals surface area contributed by atoms with Gasteiger partial charge in [-0.15, -0.1) is 0 Å². The predicted octanol–water partition coefficient (Wildman–Crippen LogP) is 7.08. The van der Waals surface area contributed by atoms with Crippen LogP contribution in [0.2, 0.25) is 0 Å². The molecule has 1 atom stereocenters. The van der Waals surface area contributed by atoms with Crippen molar-refractivity contribution in [2.75, 3.05) is 19.5 Å². The minimum absolute atomic E-state index is 0.0693. The van der Waals surface area contributed by atoms with Crippen LogP contribution < -0.4 is 0 Å². The van der Waals surface area contributed by atoms with Crippen molar-refractivity contribution in [3.8, 4) is 0 Å². The molecule has 4 aromatic rings. The highest BCUT2D eigenvalue weighted by molar-refractivity contribution is 7.90. The van der Waals surface area contributed by atoms with Crippen molar-refractivity contribution in [1.82, 2.24) is 9.78 Å². The number of esters is 1. The molecule has 218 valence electrons. The Morgan fingerprint density at radius 2 is 1.81 bits per heavy atom. The van der Waals surface area contributed by atoms with Crippen LogP contribution >= 0.6 is 0 Å². The van der Waals surface area contributed by atoms with E-state index in [1.165, 1.54) is 12.3 Å². The number of allylic oxidation sites excluding steroid dienone is 1. The van der Waals surface area contributed by atoms with Crippen LogP contribution in [-0.2, 0) is 24.1 Å². The Kier molecular flexibility index (Phi) is 9.04. The molecule has 0 amide bonds. The van der Waals surface area contributed by atoms with Crippen molar-refractivity contribution in [3.05, 3.63) is 101 Å². The molecule has 0 N–H and O–H groups in total. The largest absolute Gasteiger partial charge is 0.463 e. The number of sulfone groups is 1. The Morgan fingerprint density at radius 3 is 2.50 bits per heavy atom. The topological polar surface area (TPSA) is 87.5 Å². The third-order valence-electron chi connectivity index (χ3n) is 7.48. The van der Waals surface area contributed by atoms with Gasteiger partial charge in [-0.05, 0) is 90.3 Å². The Morgan fingerprint density at radius 1 is 1.05 bits per heavy atom. The van der Waals surface area contributed by atoms with Gasteiger partial charge >= 0.3 is 5.97 Å². The fourth-order valence-corrected chi connectivity index (χ4v) is 6.44. The number of nitrogens with zero attached hydrogens (tertiary/aromatic N) is 2. The highest BCUT2D eigenvalue weighted by Gasteiger charge is 2.22. The quantitative estimate of drug-likeness (QED) is 0.119. The molecule has 7 nitrogen and oxygen atoms in total. The van der Waals surface area contributed by atoms with E-state index >= 15 is 0 Å². The number of fused-ring (bicyclic) bond motifs is 1. The molecule has 0 bridgehead atoms. The monoisotopic (exact) mass is 584 g/mol. The first kappa shape index (κ1) is 29.5. The number of hydrogen-bond acceptors (Lipinski definition) is 6. The standard InChI is InChI=1S/C34H36N2O5S/c1-4-28(29-10-6-7-11-31(29)42(3,38)39)34(25-16-13-24(14-17-25)15-20-33(37)40-5-2)26-18-19-30-27(22-26)23-35-36(30)32-12-8-9-21-41-32/h6-7,10-11,13-20,22-23,32H,4-5,8-9,12,21H2,1-3H3/b20-15+,34-28+. The molecule has 0 spiro atoms. The molecule has 1 aromatic heterocycles. The summed E-state index contributed by atoms with van der Waals surface area (Å²) in [5, 5.41) is 5.66. The average Bonchev–Trinajstić information content (AvgIpc) is 3.43. The number of aromatic nitrogens is 2. The van der Waals surface area contributed by atoms with Gasteiger partial charge in [0.1, 0.15) is 0 Å². The lowest BCUT2D eigenvalue weighted by molar-refractivity contribution is -0.137. The fraction of sp³-hybridized carbons (Fsp3) is 0.294. The number of carbonyl (C=O) groups is 1. The van der Waals surface area contributed by atoms with E-state index in [0.717, 1.165) is 64.6 Å². The van der Waals surface area contributed by atoms with Crippen molar-refractivity contribution in [1.29, 1.82) is 0 Å². The Hall–Kier alpha value is -4.01. The maximum atomic E-state index is 12.8. The van der Waals surface area contributed by atoms with E-state index in [1.54, 1.807) is 25.1 Å². The van der Waals surface area contributed by atoms with Gasteiger partial charge in [0.15, 0.2) is 16.1 Å². The summed E-state index contributed by atoms with van der Waals surface area (Å²) >= 11 is 0. The van der Waals surface area contributed by atoms with Crippen LogP contribution in [0.1, 0.15) is 68.0 Å². The van der Waals surface area contributed by atoms with Gasteiger partial charge in [-0.25, -0.2) is 17.9 Å². The second-order valence-electron chi connectivity index (χ2n) is 10.4. The van der Waals surface area contributed by atoms with Crippen molar-refractivity contribution >= 4 is 43.9 Å². The Bertz CT molecular complexity index is 1740. The van der Waals surface area contributed by atoms with Gasteiger partial charge in [-0.1, -0.05) is 55.5 Å². The molecule has 5 rings (SSSR count). The lowest BCUT2D eigenvalue weighted by Gasteiger charge is -2.23. The molecule has 0 radical (unpaired) electrons. The number of ether oxygens (including phenoxy) is 2. The predicted molar refractivity (Wildman–Crippen MR) is 166 cm³/mol. The van der Waals surface area contributed by atoms with Crippen LogP contribution in [0, 0.1) is 0 Å². The highest BCUT2D eigenvalue weighted by atomic mass is 32.2. The number of rotatable bonds is 9. The van der Waals surface area contributed by atoms with Gasteiger partial charge in [0.2, 0.25) is 0 Å². The van der Waals surface area contributed by atoms with Crippen LogP contribution in [0.4, 0.5) is 0 Å². The maximum Gasteiger partial charge on any atom is 0.330 e. The lowest BCUT2D eigenvalue weighted by Crippen LogP contribution is -2.18. The molecule has 1 saturated heterocycles. The van der Waals surface area contributed by atoms with Gasteiger partial charge in [-0.2, -0.15) is 5.10 Å². The number of carbonyl (C=O) groups excluding carboxylic acids is 1. The van der Waals surface area contributed by atoms with E-state index in [2.05, 4.69) is 23.3 Å². The molecular weight excluding hydrogens is 548 g/mol. The molecule has 1 fully saturated rings. The van der Waals surface area contributed by atoms with Crippen molar-refractivity contribution < 1.29 is 22.7 Å². The average molecular weight is 585 g/mol. The van der Waals surface area contributed by atoms with E-state index in [1.807, 2.05) is 54.2 Å². The summed E-state index contributed by atoms with van der Waals surface area (Å²) in [6, 6.07) is 21.3. The van der Waals surface area contributed by atoms with Crippen LogP contribution in [0.25, 0.3) is 28.1 Å². The molecule has 0 saturated carbocycles. The van der Waals surface area contributed by atoms with E-state index in [4.69, 9.17) is 9.47 Å². The molecule has 0 aliphatic carbocycles. The first-order chi connectivity index (χ1) is 20.3. The van der Waals surface area contributed by atoms with E-state index in [9.17, 15) is 13.2 Å². The van der Waals surface area contributed by atoms with Crippen molar-refractivity contribution in [2.24, 2.45) is 0 Å². The number of hydrogen-bond donors (Lipinski definition) is 0. The zero-order valence-corrected chi connectivity index (χ0v) is 25.1. The summed E-state index contributed by atoms with van der Waals surface area (Å²) in [7, 11) is -3.47. The third kappa shape index (κ3) is 6.40. The highest BCUT2D eigenvalue weighted by Crippen LogP contribution is 2.38. The van der Waals surface area contributed by atoms with Crippen LogP contribution in [0.5, 0.6) is 0 Å². The van der Waals surface area contributed by atoms with Crippen LogP contribution in [-0.4, -0.2) is 43.6 Å². The SMILES string of the molecule is CCOC(=O)/C=C/c1ccc(/C(=C(/CC)c2ccccc2S(C)(=O)=O)c2ccc3c(cnn3C3CCCCO3)c2)cc1. The van der Waals surface area contributed by atoms with Gasteiger partial charge in [-0.3, -0.25) is 0 Å². The molecule has 1 aliphatic rings. The maximum absolute atomic E-state index is 12.8. The van der Waals surface area contributed by atoms with Crippen molar-refractivity contribution in [2.45, 2.75) is 50.7 Å². The van der Waals surface area contributed by atoms with Crippen LogP contribution in [0.3, 0.4) is 0 Å². The Labute approximate surface area is 247 Å². The van der Waals surface area contributed by atoms with Gasteiger partial charge < -0.3 is 9.47 Å². The van der Waals surface area contributed by atoms with Crippen LogP contribution in [0.15, 0.2) is 83.9 Å². The zero-order valence-electron chi connectivity index (χ0n) is 24.2. The van der Waals surface area contributed by atoms with Gasteiger partial charge in [0.25, 0.3) is 0 Å². The smallest absolute Gasteiger partial charge is 0.330 e. The van der Waals surface area contributed by atoms with Gasteiger partial charge in [0.05, 0.1) is 23.2 Å². The molecule has 1 unspecified atom stereocenters.